The number of hydrogen-bond acceptors (Lipinski definition) is 6. The van der Waals surface area contributed by atoms with Crippen LogP contribution in [0.3, 0.4) is 0 Å². The van der Waals surface area contributed by atoms with E-state index in [2.05, 4.69) is 20.3 Å². The third kappa shape index (κ3) is 2.89. The lowest BCUT2D eigenvalue weighted by Crippen LogP contribution is -2.07. The number of pyridine rings is 1. The molecule has 1 aromatic carbocycles. The molecule has 0 spiro atoms. The second-order valence-electron chi connectivity index (χ2n) is 5.86. The van der Waals surface area contributed by atoms with Crippen molar-refractivity contribution in [3.8, 4) is 5.75 Å². The topological polar surface area (TPSA) is 59.9 Å². The summed E-state index contributed by atoms with van der Waals surface area (Å²) < 4.78 is 19.8. The number of anilines is 1. The average Bonchev–Trinajstić information content (AvgIpc) is 3.11. The van der Waals surface area contributed by atoms with Gasteiger partial charge in [0, 0.05) is 36.5 Å². The monoisotopic (exact) mass is 356 g/mol. The number of aromatic nitrogens is 3. The minimum atomic E-state index is -0.228. The van der Waals surface area contributed by atoms with Crippen molar-refractivity contribution >= 4 is 28.5 Å². The minimum absolute atomic E-state index is 0.228. The lowest BCUT2D eigenvalue weighted by Gasteiger charge is -2.13. The van der Waals surface area contributed by atoms with Crippen LogP contribution in [0, 0.1) is 12.7 Å². The highest BCUT2D eigenvalue weighted by molar-refractivity contribution is 7.98. The van der Waals surface area contributed by atoms with Gasteiger partial charge in [0.1, 0.15) is 17.4 Å². The van der Waals surface area contributed by atoms with Gasteiger partial charge in [-0.15, -0.1) is 0 Å². The van der Waals surface area contributed by atoms with E-state index in [-0.39, 0.29) is 5.82 Å². The second kappa shape index (κ2) is 6.48. The Bertz CT molecular complexity index is 963. The van der Waals surface area contributed by atoms with Crippen molar-refractivity contribution in [2.75, 3.05) is 18.2 Å². The quantitative estimate of drug-likeness (QED) is 0.568. The normalized spacial score (nSPS) is 12.9. The average molecular weight is 356 g/mol. The van der Waals surface area contributed by atoms with E-state index < -0.39 is 0 Å². The standard InChI is InChI=1S/C18H17FN4OS/c1-10-7-20-17(13-9-22-18(25-2)23-16(10)13)21-8-12-11-5-6-24-15(11)4-3-14(12)19/h3-4,7,9H,5-6,8H2,1-2H3,(H,20,21). The van der Waals surface area contributed by atoms with Gasteiger partial charge in [-0.1, -0.05) is 11.8 Å². The Hall–Kier alpha value is -2.41. The van der Waals surface area contributed by atoms with E-state index in [0.717, 1.165) is 39.4 Å². The molecule has 1 aliphatic heterocycles. The molecule has 0 fully saturated rings. The predicted octanol–water partition coefficient (Wildman–Crippen LogP) is 3.74. The number of rotatable bonds is 4. The molecule has 2 aromatic heterocycles. The Morgan fingerprint density at radius 2 is 2.16 bits per heavy atom. The van der Waals surface area contributed by atoms with Crippen LogP contribution in [0.1, 0.15) is 16.7 Å². The number of nitrogens with one attached hydrogen (secondary N) is 1. The molecule has 0 unspecified atom stereocenters. The predicted molar refractivity (Wildman–Crippen MR) is 96.8 cm³/mol. The summed E-state index contributed by atoms with van der Waals surface area (Å²) in [7, 11) is 0. The van der Waals surface area contributed by atoms with Crippen molar-refractivity contribution < 1.29 is 9.13 Å². The number of aryl methyl sites for hydroxylation is 1. The summed E-state index contributed by atoms with van der Waals surface area (Å²) in [6.45, 7) is 2.91. The summed E-state index contributed by atoms with van der Waals surface area (Å²) in [5.41, 5.74) is 3.41. The van der Waals surface area contributed by atoms with E-state index >= 15 is 0 Å². The summed E-state index contributed by atoms with van der Waals surface area (Å²) >= 11 is 1.50. The van der Waals surface area contributed by atoms with E-state index in [4.69, 9.17) is 4.74 Å². The van der Waals surface area contributed by atoms with Crippen molar-refractivity contribution in [1.29, 1.82) is 0 Å². The molecule has 0 aliphatic carbocycles. The highest BCUT2D eigenvalue weighted by Crippen LogP contribution is 2.31. The number of thioether (sulfide) groups is 1. The molecule has 0 amide bonds. The Balaban J connectivity index is 1.69. The summed E-state index contributed by atoms with van der Waals surface area (Å²) in [6, 6.07) is 3.15. The zero-order chi connectivity index (χ0) is 17.4. The number of halogens is 1. The molecule has 3 heterocycles. The van der Waals surface area contributed by atoms with Crippen LogP contribution >= 0.6 is 11.8 Å². The maximum absolute atomic E-state index is 14.3. The van der Waals surface area contributed by atoms with Gasteiger partial charge < -0.3 is 10.1 Å². The lowest BCUT2D eigenvalue weighted by atomic mass is 10.0. The molecule has 25 heavy (non-hydrogen) atoms. The fourth-order valence-corrected chi connectivity index (χ4v) is 3.39. The van der Waals surface area contributed by atoms with Crippen molar-refractivity contribution in [2.24, 2.45) is 0 Å². The molecular weight excluding hydrogens is 339 g/mol. The molecule has 0 atom stereocenters. The number of hydrogen-bond donors (Lipinski definition) is 1. The van der Waals surface area contributed by atoms with Crippen LogP contribution in [-0.2, 0) is 13.0 Å². The zero-order valence-electron chi connectivity index (χ0n) is 14.0. The maximum atomic E-state index is 14.3. The fraction of sp³-hybridized carbons (Fsp3) is 0.278. The second-order valence-corrected chi connectivity index (χ2v) is 6.64. The molecule has 0 saturated heterocycles. The van der Waals surface area contributed by atoms with Gasteiger partial charge in [-0.3, -0.25) is 0 Å². The highest BCUT2D eigenvalue weighted by Gasteiger charge is 2.19. The first-order valence-electron chi connectivity index (χ1n) is 8.00. The smallest absolute Gasteiger partial charge is 0.187 e. The summed E-state index contributed by atoms with van der Waals surface area (Å²) in [5.74, 6) is 1.20. The molecule has 1 aliphatic rings. The van der Waals surface area contributed by atoms with Gasteiger partial charge in [0.05, 0.1) is 17.5 Å². The first kappa shape index (κ1) is 16.1. The van der Waals surface area contributed by atoms with E-state index in [9.17, 15) is 4.39 Å². The van der Waals surface area contributed by atoms with Crippen LogP contribution in [0.15, 0.2) is 29.7 Å². The lowest BCUT2D eigenvalue weighted by molar-refractivity contribution is 0.356. The Labute approximate surface area is 149 Å². The molecule has 0 saturated carbocycles. The molecule has 4 rings (SSSR count). The van der Waals surface area contributed by atoms with Crippen molar-refractivity contribution in [3.05, 3.63) is 47.0 Å². The molecule has 7 heteroatoms. The SMILES string of the molecule is CSc1ncc2c(NCc3c(F)ccc4c3CCO4)ncc(C)c2n1. The van der Waals surface area contributed by atoms with Gasteiger partial charge in [0.25, 0.3) is 0 Å². The summed E-state index contributed by atoms with van der Waals surface area (Å²) in [4.78, 5) is 13.3. The first-order valence-corrected chi connectivity index (χ1v) is 9.23. The van der Waals surface area contributed by atoms with E-state index in [1.807, 2.05) is 13.2 Å². The molecule has 5 nitrogen and oxygen atoms in total. The van der Waals surface area contributed by atoms with Gasteiger partial charge in [0.2, 0.25) is 0 Å². The number of nitrogens with zero attached hydrogens (tertiary/aromatic N) is 3. The largest absolute Gasteiger partial charge is 0.493 e. The van der Waals surface area contributed by atoms with Gasteiger partial charge in [-0.05, 0) is 30.9 Å². The van der Waals surface area contributed by atoms with Gasteiger partial charge in [0.15, 0.2) is 5.16 Å². The summed E-state index contributed by atoms with van der Waals surface area (Å²) in [6.07, 6.45) is 6.21. The number of benzene rings is 1. The van der Waals surface area contributed by atoms with Crippen LogP contribution in [0.4, 0.5) is 10.2 Å². The highest BCUT2D eigenvalue weighted by atomic mass is 32.2. The van der Waals surface area contributed by atoms with Gasteiger partial charge >= 0.3 is 0 Å². The molecular formula is C18H17FN4OS. The number of fused-ring (bicyclic) bond motifs is 2. The third-order valence-corrected chi connectivity index (χ3v) is 4.90. The minimum Gasteiger partial charge on any atom is -0.493 e. The zero-order valence-corrected chi connectivity index (χ0v) is 14.8. The molecule has 3 aromatic rings. The van der Waals surface area contributed by atoms with Crippen molar-refractivity contribution in [3.63, 3.8) is 0 Å². The Kier molecular flexibility index (Phi) is 4.17. The molecule has 1 N–H and O–H groups in total. The Morgan fingerprint density at radius 3 is 3.00 bits per heavy atom. The maximum Gasteiger partial charge on any atom is 0.187 e. The fourth-order valence-electron chi connectivity index (χ4n) is 3.05. The van der Waals surface area contributed by atoms with Crippen LogP contribution in [0.5, 0.6) is 5.75 Å². The van der Waals surface area contributed by atoms with Gasteiger partial charge in [-0.2, -0.15) is 0 Å². The van der Waals surface area contributed by atoms with Crippen LogP contribution in [0.25, 0.3) is 10.9 Å². The summed E-state index contributed by atoms with van der Waals surface area (Å²) in [5, 5.41) is 4.80. The van der Waals surface area contributed by atoms with E-state index in [0.29, 0.717) is 24.5 Å². The van der Waals surface area contributed by atoms with Crippen LogP contribution in [0.2, 0.25) is 0 Å². The van der Waals surface area contributed by atoms with Crippen LogP contribution in [-0.4, -0.2) is 27.8 Å². The molecule has 0 bridgehead atoms. The number of ether oxygens (including phenoxy) is 1. The van der Waals surface area contributed by atoms with Crippen molar-refractivity contribution in [1.82, 2.24) is 15.0 Å². The first-order chi connectivity index (χ1) is 12.2. The molecule has 0 radical (unpaired) electrons. The van der Waals surface area contributed by atoms with Gasteiger partial charge in [-0.25, -0.2) is 19.3 Å². The Morgan fingerprint density at radius 1 is 1.28 bits per heavy atom. The van der Waals surface area contributed by atoms with E-state index in [1.165, 1.54) is 17.8 Å². The van der Waals surface area contributed by atoms with Crippen molar-refractivity contribution in [2.45, 2.75) is 25.0 Å². The van der Waals surface area contributed by atoms with E-state index in [1.54, 1.807) is 18.5 Å². The third-order valence-electron chi connectivity index (χ3n) is 4.34. The molecule has 128 valence electrons. The van der Waals surface area contributed by atoms with Crippen LogP contribution < -0.4 is 10.1 Å².